The molecule has 4 saturated carbocycles. The predicted octanol–water partition coefficient (Wildman–Crippen LogP) is 4.63. The van der Waals surface area contributed by atoms with Gasteiger partial charge in [0.15, 0.2) is 0 Å². The zero-order valence-electron chi connectivity index (χ0n) is 18.4. The van der Waals surface area contributed by atoms with Gasteiger partial charge in [0.1, 0.15) is 5.02 Å². The van der Waals surface area contributed by atoms with Crippen LogP contribution in [0.15, 0.2) is 35.3 Å². The Morgan fingerprint density at radius 3 is 2.72 bits per heavy atom. The van der Waals surface area contributed by atoms with Gasteiger partial charge in [-0.25, -0.2) is 4.68 Å². The molecule has 1 aromatic carbocycles. The molecule has 0 unspecified atom stereocenters. The van der Waals surface area contributed by atoms with E-state index < -0.39 is 11.5 Å². The lowest BCUT2D eigenvalue weighted by atomic mass is 9.46. The first-order chi connectivity index (χ1) is 15.3. The van der Waals surface area contributed by atoms with Gasteiger partial charge < -0.3 is 10.4 Å². The number of benzene rings is 1. The molecule has 6 rings (SSSR count). The van der Waals surface area contributed by atoms with Gasteiger partial charge in [0, 0.05) is 6.54 Å². The van der Waals surface area contributed by atoms with Crippen molar-refractivity contribution in [1.82, 2.24) is 9.78 Å². The zero-order valence-corrected chi connectivity index (χ0v) is 19.2. The smallest absolute Gasteiger partial charge is 0.303 e. The Kier molecular flexibility index (Phi) is 5.31. The number of aryl methyl sites for hydroxylation is 1. The molecule has 2 atom stereocenters. The van der Waals surface area contributed by atoms with Crippen molar-refractivity contribution >= 4 is 23.3 Å². The van der Waals surface area contributed by atoms with Crippen molar-refractivity contribution in [1.29, 1.82) is 0 Å². The minimum absolute atomic E-state index is 0.173. The van der Waals surface area contributed by atoms with Crippen molar-refractivity contribution < 1.29 is 9.90 Å². The number of carboxylic acid groups (broad SMARTS) is 1. The normalized spacial score (nSPS) is 30.4. The van der Waals surface area contributed by atoms with Gasteiger partial charge in [0.25, 0.3) is 5.56 Å². The maximum Gasteiger partial charge on any atom is 0.303 e. The fraction of sp³-hybridized carbons (Fsp3) is 0.560. The second-order valence-corrected chi connectivity index (χ2v) is 10.9. The molecule has 0 amide bonds. The largest absolute Gasteiger partial charge is 0.481 e. The molecule has 2 aromatic rings. The first-order valence-corrected chi connectivity index (χ1v) is 11.9. The molecule has 0 spiro atoms. The molecule has 0 radical (unpaired) electrons. The summed E-state index contributed by atoms with van der Waals surface area (Å²) < 4.78 is 1.61. The summed E-state index contributed by atoms with van der Waals surface area (Å²) >= 11 is 6.53. The van der Waals surface area contributed by atoms with E-state index in [1.807, 2.05) is 6.07 Å². The molecular formula is C25H30ClN3O3. The lowest BCUT2D eigenvalue weighted by Crippen LogP contribution is -2.59. The van der Waals surface area contributed by atoms with Crippen molar-refractivity contribution in [2.24, 2.45) is 17.3 Å². The van der Waals surface area contributed by atoms with Gasteiger partial charge in [-0.15, -0.1) is 0 Å². The molecule has 1 heterocycles. The Labute approximate surface area is 193 Å². The van der Waals surface area contributed by atoms with Gasteiger partial charge in [-0.05, 0) is 74.7 Å². The monoisotopic (exact) mass is 455 g/mol. The van der Waals surface area contributed by atoms with Gasteiger partial charge >= 0.3 is 5.97 Å². The number of nitrogens with one attached hydrogen (secondary N) is 1. The first kappa shape index (κ1) is 21.5. The van der Waals surface area contributed by atoms with Gasteiger partial charge in [0.05, 0.1) is 23.8 Å². The summed E-state index contributed by atoms with van der Waals surface area (Å²) in [6.45, 7) is 2.73. The molecule has 2 N–H and O–H groups in total. The molecule has 170 valence electrons. The standard InChI is InChI=1S/C25H30ClN3O3/c1-16-3-2-4-17(7-16)5-6-27-20-14-28-29(23(32)22(20)26)25-11-18-8-19(12-25)10-24(9-18,15-25)13-21(30)31/h2-4,7,14,18-19,27H,5-6,8-13,15H2,1H3,(H,30,31)/t18-,19-,24?,25?/m1/s1. The Bertz CT molecular complexity index is 1100. The average molecular weight is 456 g/mol. The van der Waals surface area contributed by atoms with Crippen LogP contribution in [0.5, 0.6) is 0 Å². The summed E-state index contributed by atoms with van der Waals surface area (Å²) in [5, 5.41) is 17.6. The Balaban J connectivity index is 1.37. The molecular weight excluding hydrogens is 426 g/mol. The molecule has 7 heteroatoms. The number of hydrogen-bond acceptors (Lipinski definition) is 4. The predicted molar refractivity (Wildman–Crippen MR) is 124 cm³/mol. The van der Waals surface area contributed by atoms with Gasteiger partial charge in [-0.3, -0.25) is 9.59 Å². The first-order valence-electron chi connectivity index (χ1n) is 11.6. The van der Waals surface area contributed by atoms with E-state index in [1.54, 1.807) is 10.9 Å². The molecule has 6 nitrogen and oxygen atoms in total. The molecule has 1 aromatic heterocycles. The van der Waals surface area contributed by atoms with E-state index in [4.69, 9.17) is 11.6 Å². The summed E-state index contributed by atoms with van der Waals surface area (Å²) in [4.78, 5) is 24.9. The summed E-state index contributed by atoms with van der Waals surface area (Å²) in [5.41, 5.74) is 2.13. The number of halogens is 1. The number of anilines is 1. The fourth-order valence-corrected chi connectivity index (χ4v) is 7.48. The quantitative estimate of drug-likeness (QED) is 0.635. The van der Waals surface area contributed by atoms with Crippen LogP contribution in [0.3, 0.4) is 0 Å². The van der Waals surface area contributed by atoms with Crippen LogP contribution in [-0.4, -0.2) is 27.4 Å². The van der Waals surface area contributed by atoms with Gasteiger partial charge in [-0.2, -0.15) is 5.10 Å². The van der Waals surface area contributed by atoms with Crippen LogP contribution >= 0.6 is 11.6 Å². The van der Waals surface area contributed by atoms with Crippen LogP contribution in [0.4, 0.5) is 5.69 Å². The Morgan fingerprint density at radius 2 is 2.03 bits per heavy atom. The van der Waals surface area contributed by atoms with Crippen LogP contribution in [0.2, 0.25) is 5.02 Å². The molecule has 4 fully saturated rings. The topological polar surface area (TPSA) is 84.2 Å². The highest BCUT2D eigenvalue weighted by Crippen LogP contribution is 2.65. The second kappa shape index (κ2) is 7.91. The van der Waals surface area contributed by atoms with Gasteiger partial charge in [0.2, 0.25) is 0 Å². The highest BCUT2D eigenvalue weighted by molar-refractivity contribution is 6.32. The van der Waals surface area contributed by atoms with Crippen molar-refractivity contribution in [3.63, 3.8) is 0 Å². The second-order valence-electron chi connectivity index (χ2n) is 10.5. The van der Waals surface area contributed by atoms with Gasteiger partial charge in [-0.1, -0.05) is 41.4 Å². The van der Waals surface area contributed by atoms with E-state index in [0.717, 1.165) is 38.5 Å². The third-order valence-electron chi connectivity index (χ3n) is 7.86. The SMILES string of the molecule is Cc1cccc(CCNc2cnn(C34C[C@@H]5C[C@H](CC(CC(=O)O)(C5)C3)C4)c(=O)c2Cl)c1. The number of aromatic nitrogens is 2. The van der Waals surface area contributed by atoms with Crippen molar-refractivity contribution in [3.05, 3.63) is 57.0 Å². The summed E-state index contributed by atoms with van der Waals surface area (Å²) in [5.74, 6) is 0.194. The van der Waals surface area contributed by atoms with E-state index >= 15 is 0 Å². The molecule has 4 bridgehead atoms. The number of nitrogens with zero attached hydrogens (tertiary/aromatic N) is 2. The zero-order chi connectivity index (χ0) is 22.5. The minimum atomic E-state index is -0.742. The molecule has 4 aliphatic carbocycles. The van der Waals surface area contributed by atoms with Crippen molar-refractivity contribution in [2.75, 3.05) is 11.9 Å². The number of carbonyl (C=O) groups is 1. The molecule has 32 heavy (non-hydrogen) atoms. The van der Waals surface area contributed by atoms with E-state index in [1.165, 1.54) is 11.1 Å². The maximum atomic E-state index is 13.3. The number of rotatable bonds is 7. The summed E-state index contributed by atoms with van der Waals surface area (Å²) in [6, 6.07) is 8.36. The van der Waals surface area contributed by atoms with Crippen molar-refractivity contribution in [2.45, 2.75) is 63.8 Å². The lowest BCUT2D eigenvalue weighted by Gasteiger charge is -2.61. The lowest BCUT2D eigenvalue weighted by molar-refractivity contribution is -0.151. The van der Waals surface area contributed by atoms with Crippen LogP contribution in [-0.2, 0) is 16.8 Å². The third kappa shape index (κ3) is 3.83. The third-order valence-corrected chi connectivity index (χ3v) is 8.22. The molecule has 4 aliphatic rings. The Hall–Kier alpha value is -2.34. The van der Waals surface area contributed by atoms with Crippen LogP contribution in [0, 0.1) is 24.2 Å². The van der Waals surface area contributed by atoms with E-state index in [9.17, 15) is 14.7 Å². The average Bonchev–Trinajstić information content (AvgIpc) is 2.69. The van der Waals surface area contributed by atoms with Crippen LogP contribution in [0.25, 0.3) is 0 Å². The van der Waals surface area contributed by atoms with E-state index in [0.29, 0.717) is 30.5 Å². The summed E-state index contributed by atoms with van der Waals surface area (Å²) in [6.07, 6.45) is 8.24. The maximum absolute atomic E-state index is 13.3. The fourth-order valence-electron chi connectivity index (χ4n) is 7.28. The van der Waals surface area contributed by atoms with E-state index in [-0.39, 0.29) is 22.4 Å². The van der Waals surface area contributed by atoms with E-state index in [2.05, 4.69) is 35.5 Å². The molecule has 0 saturated heterocycles. The highest BCUT2D eigenvalue weighted by Gasteiger charge is 2.59. The van der Waals surface area contributed by atoms with Crippen LogP contribution < -0.4 is 10.9 Å². The Morgan fingerprint density at radius 1 is 1.28 bits per heavy atom. The number of hydrogen-bond donors (Lipinski definition) is 2. The summed E-state index contributed by atoms with van der Waals surface area (Å²) in [7, 11) is 0. The molecule has 0 aliphatic heterocycles. The highest BCUT2D eigenvalue weighted by atomic mass is 35.5. The van der Waals surface area contributed by atoms with Crippen LogP contribution in [0.1, 0.15) is 56.1 Å². The minimum Gasteiger partial charge on any atom is -0.481 e. The number of aliphatic carboxylic acids is 1. The van der Waals surface area contributed by atoms with Crippen molar-refractivity contribution in [3.8, 4) is 0 Å². The number of carboxylic acids is 1.